The molecule has 2 aromatic heterocycles. The van der Waals surface area contributed by atoms with Gasteiger partial charge in [0.15, 0.2) is 5.65 Å². The van der Waals surface area contributed by atoms with Crippen molar-refractivity contribution < 1.29 is 4.79 Å². The first-order valence-corrected chi connectivity index (χ1v) is 6.46. The van der Waals surface area contributed by atoms with E-state index in [1.54, 1.807) is 10.9 Å². The molecule has 0 radical (unpaired) electrons. The number of rotatable bonds is 1. The van der Waals surface area contributed by atoms with Crippen molar-refractivity contribution in [1.29, 1.82) is 0 Å². The van der Waals surface area contributed by atoms with E-state index in [1.807, 2.05) is 24.9 Å². The summed E-state index contributed by atoms with van der Waals surface area (Å²) in [4.78, 5) is 18.6. The lowest BCUT2D eigenvalue weighted by molar-refractivity contribution is 0.0735. The van der Waals surface area contributed by atoms with Crippen molar-refractivity contribution in [3.63, 3.8) is 0 Å². The zero-order valence-electron chi connectivity index (χ0n) is 12.0. The van der Waals surface area contributed by atoms with Gasteiger partial charge in [0.1, 0.15) is 0 Å². The van der Waals surface area contributed by atoms with Crippen LogP contribution in [0.5, 0.6) is 0 Å². The summed E-state index contributed by atoms with van der Waals surface area (Å²) in [6.45, 7) is 5.15. The molecular weight excluding hydrogens is 313 g/mol. The number of hydrogen-bond donors (Lipinski definition) is 1. The molecule has 0 atom stereocenters. The van der Waals surface area contributed by atoms with Crippen molar-refractivity contribution in [2.45, 2.75) is 6.92 Å². The van der Waals surface area contributed by atoms with Crippen molar-refractivity contribution in [2.75, 3.05) is 26.2 Å². The minimum atomic E-state index is 0. The minimum Gasteiger partial charge on any atom is -0.336 e. The molecule has 21 heavy (non-hydrogen) atoms. The number of aryl methyl sites for hydroxylation is 2. The van der Waals surface area contributed by atoms with Gasteiger partial charge in [-0.05, 0) is 13.0 Å². The lowest BCUT2D eigenvalue weighted by Gasteiger charge is -2.27. The second-order valence-electron chi connectivity index (χ2n) is 4.85. The van der Waals surface area contributed by atoms with E-state index in [-0.39, 0.29) is 30.7 Å². The summed E-state index contributed by atoms with van der Waals surface area (Å²) in [6.07, 6.45) is 1.65. The first-order chi connectivity index (χ1) is 9.16. The van der Waals surface area contributed by atoms with Crippen molar-refractivity contribution in [2.24, 2.45) is 7.05 Å². The van der Waals surface area contributed by atoms with Gasteiger partial charge in [-0.25, -0.2) is 4.98 Å². The predicted molar refractivity (Wildman–Crippen MR) is 86.5 cm³/mol. The average molecular weight is 332 g/mol. The highest BCUT2D eigenvalue weighted by atomic mass is 35.5. The molecule has 6 nitrogen and oxygen atoms in total. The van der Waals surface area contributed by atoms with Crippen molar-refractivity contribution in [3.05, 3.63) is 23.5 Å². The molecule has 0 unspecified atom stereocenters. The summed E-state index contributed by atoms with van der Waals surface area (Å²) in [6, 6.07) is 1.90. The van der Waals surface area contributed by atoms with E-state index in [1.165, 1.54) is 0 Å². The summed E-state index contributed by atoms with van der Waals surface area (Å²) in [5, 5.41) is 8.51. The first kappa shape index (κ1) is 17.7. The number of halogens is 2. The van der Waals surface area contributed by atoms with E-state index < -0.39 is 0 Å². The van der Waals surface area contributed by atoms with Crippen LogP contribution in [-0.4, -0.2) is 51.8 Å². The molecule has 1 aliphatic rings. The van der Waals surface area contributed by atoms with Crippen LogP contribution in [0, 0.1) is 6.92 Å². The SMILES string of the molecule is Cc1nn(C)c2ncc(C(=O)N3CCNCC3)cc12.Cl.Cl. The van der Waals surface area contributed by atoms with Gasteiger partial charge in [-0.3, -0.25) is 9.48 Å². The number of amides is 1. The van der Waals surface area contributed by atoms with Crippen LogP contribution in [0.3, 0.4) is 0 Å². The van der Waals surface area contributed by atoms with Gasteiger partial charge in [0.25, 0.3) is 5.91 Å². The Balaban J connectivity index is 0.00000110. The van der Waals surface area contributed by atoms with Crippen LogP contribution in [0.25, 0.3) is 11.0 Å². The van der Waals surface area contributed by atoms with E-state index >= 15 is 0 Å². The van der Waals surface area contributed by atoms with Gasteiger partial charge in [-0.2, -0.15) is 5.10 Å². The fourth-order valence-corrected chi connectivity index (χ4v) is 2.48. The van der Waals surface area contributed by atoms with Gasteiger partial charge in [0.05, 0.1) is 11.3 Å². The molecule has 1 saturated heterocycles. The molecular formula is C13H19Cl2N5O. The zero-order valence-corrected chi connectivity index (χ0v) is 13.6. The molecule has 3 heterocycles. The highest BCUT2D eigenvalue weighted by Gasteiger charge is 2.19. The number of carbonyl (C=O) groups is 1. The molecule has 8 heteroatoms. The van der Waals surface area contributed by atoms with Gasteiger partial charge in [0, 0.05) is 44.8 Å². The van der Waals surface area contributed by atoms with Crippen LogP contribution in [0.1, 0.15) is 16.1 Å². The molecule has 1 amide bonds. The maximum atomic E-state index is 12.4. The third-order valence-electron chi connectivity index (χ3n) is 3.51. The van der Waals surface area contributed by atoms with Crippen LogP contribution in [0.2, 0.25) is 0 Å². The smallest absolute Gasteiger partial charge is 0.255 e. The number of nitrogens with zero attached hydrogens (tertiary/aromatic N) is 4. The van der Waals surface area contributed by atoms with E-state index in [0.717, 1.165) is 42.9 Å². The van der Waals surface area contributed by atoms with E-state index in [2.05, 4.69) is 15.4 Å². The average Bonchev–Trinajstić information content (AvgIpc) is 2.74. The molecule has 0 aromatic carbocycles. The Morgan fingerprint density at radius 1 is 1.29 bits per heavy atom. The number of aromatic nitrogens is 3. The maximum Gasteiger partial charge on any atom is 0.255 e. The predicted octanol–water partition coefficient (Wildman–Crippen LogP) is 1.17. The molecule has 2 aromatic rings. The Morgan fingerprint density at radius 2 is 1.95 bits per heavy atom. The molecule has 1 fully saturated rings. The third-order valence-corrected chi connectivity index (χ3v) is 3.51. The Morgan fingerprint density at radius 3 is 2.62 bits per heavy atom. The van der Waals surface area contributed by atoms with Gasteiger partial charge in [-0.15, -0.1) is 24.8 Å². The summed E-state index contributed by atoms with van der Waals surface area (Å²) in [5.41, 5.74) is 2.36. The topological polar surface area (TPSA) is 63.1 Å². The molecule has 0 aliphatic carbocycles. The van der Waals surface area contributed by atoms with Crippen LogP contribution in [-0.2, 0) is 7.05 Å². The number of piperazine rings is 1. The Hall–Kier alpha value is -1.37. The Kier molecular flexibility index (Phi) is 5.95. The molecule has 3 rings (SSSR count). The summed E-state index contributed by atoms with van der Waals surface area (Å²) < 4.78 is 1.74. The van der Waals surface area contributed by atoms with E-state index in [9.17, 15) is 4.79 Å². The molecule has 1 aliphatic heterocycles. The monoisotopic (exact) mass is 331 g/mol. The van der Waals surface area contributed by atoms with Gasteiger partial charge in [0.2, 0.25) is 0 Å². The normalized spacial score (nSPS) is 14.5. The number of fused-ring (bicyclic) bond motifs is 1. The number of hydrogen-bond acceptors (Lipinski definition) is 4. The standard InChI is InChI=1S/C13H17N5O.2ClH/c1-9-11-7-10(8-15-12(11)17(2)16-9)13(19)18-5-3-14-4-6-18;;/h7-8,14H,3-6H2,1-2H3;2*1H. The van der Waals surface area contributed by atoms with Crippen LogP contribution in [0.4, 0.5) is 0 Å². The number of pyridine rings is 1. The number of carbonyl (C=O) groups excluding carboxylic acids is 1. The Bertz CT molecular complexity index is 637. The third kappa shape index (κ3) is 3.28. The fraction of sp³-hybridized carbons (Fsp3) is 0.462. The summed E-state index contributed by atoms with van der Waals surface area (Å²) in [7, 11) is 1.86. The van der Waals surface area contributed by atoms with Gasteiger partial charge >= 0.3 is 0 Å². The maximum absolute atomic E-state index is 12.4. The van der Waals surface area contributed by atoms with Gasteiger partial charge in [-0.1, -0.05) is 0 Å². The van der Waals surface area contributed by atoms with Crippen LogP contribution in [0.15, 0.2) is 12.3 Å². The first-order valence-electron chi connectivity index (χ1n) is 6.46. The zero-order chi connectivity index (χ0) is 13.4. The second-order valence-corrected chi connectivity index (χ2v) is 4.85. The highest BCUT2D eigenvalue weighted by Crippen LogP contribution is 2.17. The second kappa shape index (κ2) is 7.06. The van der Waals surface area contributed by atoms with E-state index in [4.69, 9.17) is 0 Å². The quantitative estimate of drug-likeness (QED) is 0.851. The largest absolute Gasteiger partial charge is 0.336 e. The van der Waals surface area contributed by atoms with Crippen molar-refractivity contribution in [3.8, 4) is 0 Å². The van der Waals surface area contributed by atoms with E-state index in [0.29, 0.717) is 5.56 Å². The Labute approximate surface area is 135 Å². The molecule has 1 N–H and O–H groups in total. The molecule has 116 valence electrons. The number of nitrogens with one attached hydrogen (secondary N) is 1. The minimum absolute atomic E-state index is 0. The summed E-state index contributed by atoms with van der Waals surface area (Å²) in [5.74, 6) is 0.0548. The highest BCUT2D eigenvalue weighted by molar-refractivity contribution is 5.97. The lowest BCUT2D eigenvalue weighted by atomic mass is 10.2. The van der Waals surface area contributed by atoms with Crippen LogP contribution >= 0.6 is 24.8 Å². The van der Waals surface area contributed by atoms with Crippen molar-refractivity contribution in [1.82, 2.24) is 25.0 Å². The van der Waals surface area contributed by atoms with Crippen molar-refractivity contribution >= 4 is 41.8 Å². The molecule has 0 bridgehead atoms. The molecule has 0 saturated carbocycles. The fourth-order valence-electron chi connectivity index (χ4n) is 2.48. The van der Waals surface area contributed by atoms with Gasteiger partial charge < -0.3 is 10.2 Å². The lowest BCUT2D eigenvalue weighted by Crippen LogP contribution is -2.46. The molecule has 0 spiro atoms. The van der Waals surface area contributed by atoms with Crippen LogP contribution < -0.4 is 5.32 Å². The summed E-state index contributed by atoms with van der Waals surface area (Å²) >= 11 is 0.